The Labute approximate surface area is 111 Å². The zero-order valence-corrected chi connectivity index (χ0v) is 11.0. The van der Waals surface area contributed by atoms with Crippen LogP contribution in [0.4, 0.5) is 11.5 Å². The van der Waals surface area contributed by atoms with Crippen LogP contribution < -0.4 is 5.32 Å². The average molecular weight is 290 g/mol. The van der Waals surface area contributed by atoms with Crippen molar-refractivity contribution >= 4 is 33.9 Å². The topological polar surface area (TPSA) is 85.1 Å². The summed E-state index contributed by atoms with van der Waals surface area (Å²) in [5.41, 5.74) is -0.0862. The molecular weight excluding hydrogens is 278 g/mol. The van der Waals surface area contributed by atoms with Crippen LogP contribution in [0.3, 0.4) is 0 Å². The van der Waals surface area contributed by atoms with Crippen LogP contribution in [-0.2, 0) is 10.8 Å². The molecule has 1 aliphatic heterocycles. The lowest BCUT2D eigenvalue weighted by atomic mass is 10.1. The van der Waals surface area contributed by atoms with Crippen molar-refractivity contribution in [1.29, 1.82) is 0 Å². The predicted octanol–water partition coefficient (Wildman–Crippen LogP) is 1.97. The van der Waals surface area contributed by atoms with E-state index >= 15 is 0 Å². The van der Waals surface area contributed by atoms with Gasteiger partial charge in [0.2, 0.25) is 0 Å². The monoisotopic (exact) mass is 289 g/mol. The number of pyridine rings is 1. The van der Waals surface area contributed by atoms with Gasteiger partial charge in [0, 0.05) is 28.3 Å². The van der Waals surface area contributed by atoms with Crippen LogP contribution in [-0.4, -0.2) is 31.7 Å². The highest BCUT2D eigenvalue weighted by Crippen LogP contribution is 2.22. The van der Waals surface area contributed by atoms with E-state index in [0.717, 1.165) is 12.8 Å². The van der Waals surface area contributed by atoms with Crippen LogP contribution in [0, 0.1) is 10.1 Å². The molecule has 0 saturated carbocycles. The smallest absolute Gasteiger partial charge is 0.276 e. The molecule has 98 valence electrons. The van der Waals surface area contributed by atoms with Gasteiger partial charge in [-0.25, -0.2) is 4.98 Å². The third kappa shape index (κ3) is 3.39. The number of nitrogens with one attached hydrogen (secondary N) is 1. The Balaban J connectivity index is 2.09. The van der Waals surface area contributed by atoms with Crippen molar-refractivity contribution in [1.82, 2.24) is 4.98 Å². The molecule has 1 saturated heterocycles. The molecule has 0 spiro atoms. The van der Waals surface area contributed by atoms with Gasteiger partial charge in [-0.2, -0.15) is 0 Å². The minimum atomic E-state index is -0.730. The van der Waals surface area contributed by atoms with Gasteiger partial charge < -0.3 is 5.32 Å². The van der Waals surface area contributed by atoms with Gasteiger partial charge in [-0.3, -0.25) is 14.3 Å². The van der Waals surface area contributed by atoms with Crippen molar-refractivity contribution in [3.05, 3.63) is 27.4 Å². The summed E-state index contributed by atoms with van der Waals surface area (Å²) >= 11 is 5.73. The van der Waals surface area contributed by atoms with Crippen molar-refractivity contribution in [3.8, 4) is 0 Å². The number of nitrogens with zero attached hydrogens (tertiary/aromatic N) is 2. The Morgan fingerprint density at radius 3 is 2.72 bits per heavy atom. The minimum Gasteiger partial charge on any atom is -0.367 e. The summed E-state index contributed by atoms with van der Waals surface area (Å²) in [6.45, 7) is 0. The fourth-order valence-corrected chi connectivity index (χ4v) is 3.31. The molecule has 1 fully saturated rings. The van der Waals surface area contributed by atoms with E-state index in [9.17, 15) is 14.3 Å². The highest BCUT2D eigenvalue weighted by Gasteiger charge is 2.19. The average Bonchev–Trinajstić information content (AvgIpc) is 2.31. The molecule has 0 bridgehead atoms. The second-order valence-corrected chi connectivity index (χ2v) is 6.14. The van der Waals surface area contributed by atoms with Crippen molar-refractivity contribution < 1.29 is 9.13 Å². The summed E-state index contributed by atoms with van der Waals surface area (Å²) in [7, 11) is -0.730. The molecule has 8 heteroatoms. The van der Waals surface area contributed by atoms with Gasteiger partial charge >= 0.3 is 0 Å². The number of hydrogen-bond donors (Lipinski definition) is 1. The zero-order chi connectivity index (χ0) is 13.1. The third-order valence-corrected chi connectivity index (χ3v) is 4.31. The number of hydrogen-bond acceptors (Lipinski definition) is 5. The minimum absolute atomic E-state index is 0.0862. The normalized spacial score (nSPS) is 23.6. The fourth-order valence-electron chi connectivity index (χ4n) is 1.81. The van der Waals surface area contributed by atoms with E-state index in [1.54, 1.807) is 0 Å². The van der Waals surface area contributed by atoms with E-state index < -0.39 is 15.7 Å². The lowest BCUT2D eigenvalue weighted by Crippen LogP contribution is -2.29. The predicted molar refractivity (Wildman–Crippen MR) is 70.4 cm³/mol. The summed E-state index contributed by atoms with van der Waals surface area (Å²) in [5, 5.41) is 13.9. The van der Waals surface area contributed by atoms with Gasteiger partial charge in [0.1, 0.15) is 11.0 Å². The molecule has 1 aliphatic rings. The van der Waals surface area contributed by atoms with Crippen LogP contribution in [0.5, 0.6) is 0 Å². The molecular formula is C10H12ClN3O3S. The fraction of sp³-hybridized carbons (Fsp3) is 0.500. The van der Waals surface area contributed by atoms with Gasteiger partial charge in [0.25, 0.3) is 5.69 Å². The zero-order valence-electron chi connectivity index (χ0n) is 9.47. The van der Waals surface area contributed by atoms with Crippen LogP contribution in [0.25, 0.3) is 0 Å². The van der Waals surface area contributed by atoms with Gasteiger partial charge in [0.15, 0.2) is 0 Å². The molecule has 0 unspecified atom stereocenters. The van der Waals surface area contributed by atoms with Gasteiger partial charge in [-0.05, 0) is 12.8 Å². The number of aromatic nitrogens is 1. The van der Waals surface area contributed by atoms with E-state index in [4.69, 9.17) is 11.6 Å². The van der Waals surface area contributed by atoms with Crippen LogP contribution in [0.2, 0.25) is 5.15 Å². The molecule has 2 heterocycles. The Morgan fingerprint density at radius 1 is 1.44 bits per heavy atom. The quantitative estimate of drug-likeness (QED) is 0.522. The van der Waals surface area contributed by atoms with E-state index in [0.29, 0.717) is 17.3 Å². The van der Waals surface area contributed by atoms with Gasteiger partial charge in [-0.1, -0.05) is 11.6 Å². The number of rotatable bonds is 3. The third-order valence-electron chi connectivity index (χ3n) is 2.73. The van der Waals surface area contributed by atoms with Crippen LogP contribution >= 0.6 is 11.6 Å². The van der Waals surface area contributed by atoms with Crippen LogP contribution in [0.1, 0.15) is 12.8 Å². The second-order valence-electron chi connectivity index (χ2n) is 4.06. The second kappa shape index (κ2) is 5.62. The number of nitro groups is 1. The molecule has 0 atom stereocenters. The van der Waals surface area contributed by atoms with E-state index in [-0.39, 0.29) is 16.9 Å². The molecule has 0 radical (unpaired) electrons. The van der Waals surface area contributed by atoms with Crippen molar-refractivity contribution in [3.63, 3.8) is 0 Å². The summed E-state index contributed by atoms with van der Waals surface area (Å²) in [4.78, 5) is 14.2. The molecule has 1 aromatic rings. The Morgan fingerprint density at radius 2 is 2.11 bits per heavy atom. The summed E-state index contributed by atoms with van der Waals surface area (Å²) in [6, 6.07) is 2.72. The maximum Gasteiger partial charge on any atom is 0.276 e. The van der Waals surface area contributed by atoms with E-state index in [1.807, 2.05) is 0 Å². The maximum absolute atomic E-state index is 11.2. The maximum atomic E-state index is 11.2. The van der Waals surface area contributed by atoms with Gasteiger partial charge in [-0.15, -0.1) is 0 Å². The van der Waals surface area contributed by atoms with E-state index in [2.05, 4.69) is 10.3 Å². The Kier molecular flexibility index (Phi) is 4.13. The molecule has 18 heavy (non-hydrogen) atoms. The first kappa shape index (κ1) is 13.2. The first-order valence-corrected chi connectivity index (χ1v) is 7.34. The largest absolute Gasteiger partial charge is 0.367 e. The Hall–Kier alpha value is -1.21. The standard InChI is InChI=1S/C10H12ClN3O3S/c11-9-5-8(14(15)16)6-10(13-9)12-7-1-3-18(17)4-2-7/h5-7H,1-4H2,(H,12,13). The number of anilines is 1. The first-order chi connectivity index (χ1) is 8.54. The Bertz CT molecular complexity index is 487. The van der Waals surface area contributed by atoms with Crippen molar-refractivity contribution in [2.75, 3.05) is 16.8 Å². The highest BCUT2D eigenvalue weighted by atomic mass is 35.5. The first-order valence-electron chi connectivity index (χ1n) is 5.48. The van der Waals surface area contributed by atoms with Crippen molar-refractivity contribution in [2.24, 2.45) is 0 Å². The summed E-state index contributed by atoms with van der Waals surface area (Å²) in [5.74, 6) is 1.70. The number of halogens is 1. The molecule has 6 nitrogen and oxygen atoms in total. The van der Waals surface area contributed by atoms with E-state index in [1.165, 1.54) is 12.1 Å². The lowest BCUT2D eigenvalue weighted by molar-refractivity contribution is -0.384. The van der Waals surface area contributed by atoms with Crippen LogP contribution in [0.15, 0.2) is 12.1 Å². The summed E-state index contributed by atoms with van der Waals surface area (Å²) < 4.78 is 11.2. The molecule has 2 rings (SSSR count). The highest BCUT2D eigenvalue weighted by molar-refractivity contribution is 7.85. The van der Waals surface area contributed by atoms with Gasteiger partial charge in [0.05, 0.1) is 17.1 Å². The lowest BCUT2D eigenvalue weighted by Gasteiger charge is -2.22. The molecule has 0 amide bonds. The molecule has 0 aliphatic carbocycles. The summed E-state index contributed by atoms with van der Waals surface area (Å²) in [6.07, 6.45) is 1.54. The molecule has 0 aromatic carbocycles. The SMILES string of the molecule is O=[N+]([O-])c1cc(Cl)nc(NC2CCS(=O)CC2)c1. The molecule has 1 N–H and O–H groups in total. The molecule has 1 aromatic heterocycles. The van der Waals surface area contributed by atoms with Crippen molar-refractivity contribution in [2.45, 2.75) is 18.9 Å².